The molecule has 2 aliphatic heterocycles. The molecule has 0 aromatic carbocycles. The second-order valence-corrected chi connectivity index (χ2v) is 4.23. The molecule has 14 heavy (non-hydrogen) atoms. The molecule has 2 fully saturated rings. The monoisotopic (exact) mass is 197 g/mol. The number of nitrogens with one attached hydrogen (secondary N) is 2. The van der Waals surface area contributed by atoms with Gasteiger partial charge in [-0.05, 0) is 38.9 Å². The summed E-state index contributed by atoms with van der Waals surface area (Å²) in [5.74, 6) is 0.185. The van der Waals surface area contributed by atoms with Gasteiger partial charge in [-0.2, -0.15) is 0 Å². The van der Waals surface area contributed by atoms with E-state index >= 15 is 0 Å². The van der Waals surface area contributed by atoms with Gasteiger partial charge < -0.3 is 10.6 Å². The summed E-state index contributed by atoms with van der Waals surface area (Å²) < 4.78 is 0. The highest BCUT2D eigenvalue weighted by Gasteiger charge is 2.46. The summed E-state index contributed by atoms with van der Waals surface area (Å²) in [4.78, 5) is 14.3. The third kappa shape index (κ3) is 1.42. The lowest BCUT2D eigenvalue weighted by molar-refractivity contribution is -0.131. The van der Waals surface area contributed by atoms with Crippen molar-refractivity contribution >= 4 is 5.91 Å². The number of likely N-dealkylation sites (tertiary alicyclic amines) is 1. The van der Waals surface area contributed by atoms with E-state index < -0.39 is 0 Å². The molecule has 4 nitrogen and oxygen atoms in total. The van der Waals surface area contributed by atoms with Crippen molar-refractivity contribution in [3.8, 4) is 0 Å². The Labute approximate surface area is 85.0 Å². The van der Waals surface area contributed by atoms with Gasteiger partial charge in [-0.25, -0.2) is 0 Å². The topological polar surface area (TPSA) is 44.4 Å². The van der Waals surface area contributed by atoms with Crippen molar-refractivity contribution in [1.29, 1.82) is 0 Å². The van der Waals surface area contributed by atoms with Gasteiger partial charge in [0.25, 0.3) is 0 Å². The van der Waals surface area contributed by atoms with Gasteiger partial charge in [0.15, 0.2) is 0 Å². The van der Waals surface area contributed by atoms with E-state index in [-0.39, 0.29) is 11.4 Å². The Morgan fingerprint density at radius 1 is 1.43 bits per heavy atom. The van der Waals surface area contributed by atoms with E-state index in [2.05, 4.69) is 15.5 Å². The van der Waals surface area contributed by atoms with Gasteiger partial charge >= 0.3 is 0 Å². The Morgan fingerprint density at radius 2 is 2.14 bits per heavy atom. The van der Waals surface area contributed by atoms with Crippen molar-refractivity contribution in [3.63, 3.8) is 0 Å². The Balaban J connectivity index is 2.16. The average molecular weight is 197 g/mol. The summed E-state index contributed by atoms with van der Waals surface area (Å²) in [6, 6.07) is 0. The van der Waals surface area contributed by atoms with Crippen LogP contribution in [0.25, 0.3) is 0 Å². The summed E-state index contributed by atoms with van der Waals surface area (Å²) in [6.45, 7) is 3.93. The van der Waals surface area contributed by atoms with Gasteiger partial charge in [0, 0.05) is 13.6 Å². The molecular formula is C10H19N3O. The second kappa shape index (κ2) is 3.87. The Kier molecular flexibility index (Phi) is 2.74. The van der Waals surface area contributed by atoms with Crippen LogP contribution >= 0.6 is 0 Å². The maximum atomic E-state index is 11.9. The summed E-state index contributed by atoms with van der Waals surface area (Å²) >= 11 is 0. The van der Waals surface area contributed by atoms with Crippen molar-refractivity contribution < 1.29 is 4.79 Å². The minimum Gasteiger partial charge on any atom is -0.358 e. The molecule has 1 atom stereocenters. The lowest BCUT2D eigenvalue weighted by atomic mass is 9.95. The summed E-state index contributed by atoms with van der Waals surface area (Å²) in [5.41, 5.74) is -0.245. The second-order valence-electron chi connectivity index (χ2n) is 4.23. The standard InChI is InChI=1S/C10H19N3O/c1-11-9(14)10(4-5-12-8-10)13-6-2-3-7-13/h12H,2-8H2,1H3,(H,11,14). The highest BCUT2D eigenvalue weighted by molar-refractivity contribution is 5.86. The van der Waals surface area contributed by atoms with Crippen molar-refractivity contribution in [2.24, 2.45) is 0 Å². The first-order valence-electron chi connectivity index (χ1n) is 5.47. The zero-order valence-electron chi connectivity index (χ0n) is 8.81. The molecule has 0 aliphatic carbocycles. The third-order valence-corrected chi connectivity index (χ3v) is 3.49. The van der Waals surface area contributed by atoms with Crippen LogP contribution in [0.1, 0.15) is 19.3 Å². The summed E-state index contributed by atoms with van der Waals surface area (Å²) in [6.07, 6.45) is 3.42. The Hall–Kier alpha value is -0.610. The smallest absolute Gasteiger partial charge is 0.241 e. The van der Waals surface area contributed by atoms with Gasteiger partial charge in [-0.15, -0.1) is 0 Å². The predicted octanol–water partition coefficient (Wildman–Crippen LogP) is -0.440. The first-order chi connectivity index (χ1) is 6.79. The average Bonchev–Trinajstić information content (AvgIpc) is 2.86. The van der Waals surface area contributed by atoms with Gasteiger partial charge in [0.1, 0.15) is 5.54 Å². The summed E-state index contributed by atoms with van der Waals surface area (Å²) in [7, 11) is 1.73. The van der Waals surface area contributed by atoms with Crippen molar-refractivity contribution in [2.45, 2.75) is 24.8 Å². The molecule has 4 heteroatoms. The molecule has 0 radical (unpaired) electrons. The van der Waals surface area contributed by atoms with Gasteiger partial charge in [-0.1, -0.05) is 0 Å². The van der Waals surface area contributed by atoms with E-state index in [0.29, 0.717) is 0 Å². The summed E-state index contributed by atoms with van der Waals surface area (Å²) in [5, 5.41) is 6.11. The predicted molar refractivity (Wildman–Crippen MR) is 55.1 cm³/mol. The highest BCUT2D eigenvalue weighted by atomic mass is 16.2. The van der Waals surface area contributed by atoms with Gasteiger partial charge in [-0.3, -0.25) is 9.69 Å². The molecule has 0 saturated carbocycles. The van der Waals surface area contributed by atoms with Crippen LogP contribution in [0.15, 0.2) is 0 Å². The van der Waals surface area contributed by atoms with Crippen LogP contribution in [0.4, 0.5) is 0 Å². The zero-order chi connectivity index (χ0) is 10.0. The Bertz CT molecular complexity index is 217. The first-order valence-corrected chi connectivity index (χ1v) is 5.47. The number of hydrogen-bond donors (Lipinski definition) is 2. The molecular weight excluding hydrogens is 178 g/mol. The van der Waals surface area contributed by atoms with Crippen molar-refractivity contribution in [1.82, 2.24) is 15.5 Å². The lowest BCUT2D eigenvalue weighted by Crippen LogP contribution is -2.58. The molecule has 2 rings (SSSR count). The van der Waals surface area contributed by atoms with E-state index in [4.69, 9.17) is 0 Å². The fourth-order valence-electron chi connectivity index (χ4n) is 2.66. The largest absolute Gasteiger partial charge is 0.358 e. The van der Waals surface area contributed by atoms with Crippen molar-refractivity contribution in [3.05, 3.63) is 0 Å². The number of carbonyl (C=O) groups excluding carboxylic acids is 1. The Morgan fingerprint density at radius 3 is 2.64 bits per heavy atom. The van der Waals surface area contributed by atoms with Crippen LogP contribution in [0.5, 0.6) is 0 Å². The molecule has 1 unspecified atom stereocenters. The highest BCUT2D eigenvalue weighted by Crippen LogP contribution is 2.27. The number of carbonyl (C=O) groups is 1. The molecule has 2 heterocycles. The normalized spacial score (nSPS) is 33.5. The molecule has 0 aromatic heterocycles. The number of likely N-dealkylation sites (N-methyl/N-ethyl adjacent to an activating group) is 1. The van der Waals surface area contributed by atoms with Crippen LogP contribution < -0.4 is 10.6 Å². The van der Waals surface area contributed by atoms with Crippen molar-refractivity contribution in [2.75, 3.05) is 33.2 Å². The molecule has 2 saturated heterocycles. The van der Waals surface area contributed by atoms with Crippen LogP contribution in [0.3, 0.4) is 0 Å². The lowest BCUT2D eigenvalue weighted by Gasteiger charge is -2.36. The SMILES string of the molecule is CNC(=O)C1(N2CCCC2)CCNC1. The fraction of sp³-hybridized carbons (Fsp3) is 0.900. The van der Waals surface area contributed by atoms with Crippen LogP contribution in [0, 0.1) is 0 Å². The van der Waals surface area contributed by atoms with E-state index in [9.17, 15) is 4.79 Å². The minimum absolute atomic E-state index is 0.185. The quantitative estimate of drug-likeness (QED) is 0.631. The first kappa shape index (κ1) is 9.93. The molecule has 2 aliphatic rings. The van der Waals surface area contributed by atoms with Crippen LogP contribution in [-0.4, -0.2) is 49.6 Å². The molecule has 1 amide bonds. The van der Waals surface area contributed by atoms with E-state index in [1.807, 2.05) is 0 Å². The molecule has 0 bridgehead atoms. The molecule has 0 spiro atoms. The molecule has 80 valence electrons. The fourth-order valence-corrected chi connectivity index (χ4v) is 2.66. The number of rotatable bonds is 2. The third-order valence-electron chi connectivity index (χ3n) is 3.49. The zero-order valence-corrected chi connectivity index (χ0v) is 8.81. The van der Waals surface area contributed by atoms with Gasteiger partial charge in [0.2, 0.25) is 5.91 Å². The number of hydrogen-bond acceptors (Lipinski definition) is 3. The van der Waals surface area contributed by atoms with Gasteiger partial charge in [0.05, 0.1) is 0 Å². The van der Waals surface area contributed by atoms with E-state index in [1.54, 1.807) is 7.05 Å². The van der Waals surface area contributed by atoms with Crippen LogP contribution in [-0.2, 0) is 4.79 Å². The van der Waals surface area contributed by atoms with Crippen LogP contribution in [0.2, 0.25) is 0 Å². The maximum absolute atomic E-state index is 11.9. The number of nitrogens with zero attached hydrogens (tertiary/aromatic N) is 1. The minimum atomic E-state index is -0.245. The molecule has 0 aromatic rings. The molecule has 2 N–H and O–H groups in total. The van der Waals surface area contributed by atoms with E-state index in [1.165, 1.54) is 12.8 Å². The van der Waals surface area contributed by atoms with E-state index in [0.717, 1.165) is 32.6 Å². The number of amides is 1. The maximum Gasteiger partial charge on any atom is 0.241 e.